The molecule has 2 N–H and O–H groups in total. The maximum absolute atomic E-state index is 13.5. The summed E-state index contributed by atoms with van der Waals surface area (Å²) in [5, 5.41) is 6.71. The van der Waals surface area contributed by atoms with Crippen LogP contribution in [0.1, 0.15) is 12.8 Å². The van der Waals surface area contributed by atoms with Gasteiger partial charge in [0.2, 0.25) is 5.83 Å². The Morgan fingerprint density at radius 3 is 2.76 bits per heavy atom. The van der Waals surface area contributed by atoms with Crippen molar-refractivity contribution in [1.29, 1.82) is 0 Å². The molecule has 2 atom stereocenters. The monoisotopic (exact) mass is 538 g/mol. The van der Waals surface area contributed by atoms with E-state index in [1.807, 2.05) is 10.6 Å². The number of carbonyl (C=O) groups excluding carboxylic acids is 2. The molecule has 1 aliphatic rings. The van der Waals surface area contributed by atoms with Gasteiger partial charge < -0.3 is 15.2 Å². The van der Waals surface area contributed by atoms with E-state index >= 15 is 0 Å². The standard InChI is InChI=1S/C26H25F2N7O2S/c1-16(27)25(37)35(2)11-3-4-21(35)24(36)29-9-10-34-15-32-19-13-30-23(12-20(19)34)33-26-31-14-22(38-26)17-5-7-18(28)8-6-17/h5-8,12-15,21H,1,3-4,9-11H2,2H3,(H-,29,30,31,33,36)/p+1/t21-,35+/m0/s1. The number of fused-ring (bicyclic) bond motifs is 1. The lowest BCUT2D eigenvalue weighted by Gasteiger charge is -2.31. The predicted octanol–water partition coefficient (Wildman–Crippen LogP) is 4.17. The molecule has 4 heterocycles. The van der Waals surface area contributed by atoms with Crippen molar-refractivity contribution >= 4 is 45.1 Å². The van der Waals surface area contributed by atoms with Crippen molar-refractivity contribution in [1.82, 2.24) is 24.8 Å². The number of imidazole rings is 1. The Morgan fingerprint density at radius 1 is 1.21 bits per heavy atom. The molecule has 0 aliphatic carbocycles. The van der Waals surface area contributed by atoms with Crippen LogP contribution in [0.3, 0.4) is 0 Å². The maximum Gasteiger partial charge on any atom is 0.374 e. The van der Waals surface area contributed by atoms with Gasteiger partial charge in [-0.25, -0.2) is 28.6 Å². The van der Waals surface area contributed by atoms with Gasteiger partial charge in [-0.05, 0) is 17.7 Å². The number of hydrogen-bond donors (Lipinski definition) is 2. The van der Waals surface area contributed by atoms with Crippen LogP contribution in [0.25, 0.3) is 21.5 Å². The summed E-state index contributed by atoms with van der Waals surface area (Å²) in [6, 6.07) is 7.43. The first-order chi connectivity index (χ1) is 18.2. The zero-order valence-electron chi connectivity index (χ0n) is 20.7. The van der Waals surface area contributed by atoms with E-state index in [1.54, 1.807) is 37.9 Å². The van der Waals surface area contributed by atoms with Gasteiger partial charge in [0.1, 0.15) is 17.2 Å². The highest BCUT2D eigenvalue weighted by Crippen LogP contribution is 2.31. The summed E-state index contributed by atoms with van der Waals surface area (Å²) >= 11 is 1.42. The number of pyridine rings is 1. The third-order valence-corrected chi connectivity index (χ3v) is 7.78. The summed E-state index contributed by atoms with van der Waals surface area (Å²) in [5.41, 5.74) is 2.38. The largest absolute Gasteiger partial charge is 0.374 e. The summed E-state index contributed by atoms with van der Waals surface area (Å²) in [6.45, 7) is 4.27. The number of aromatic nitrogens is 4. The minimum atomic E-state index is -1.03. The highest BCUT2D eigenvalue weighted by molar-refractivity contribution is 7.18. The fraction of sp³-hybridized carbons (Fsp3) is 0.269. The summed E-state index contributed by atoms with van der Waals surface area (Å²) in [5.74, 6) is -1.78. The molecule has 2 amide bonds. The second kappa shape index (κ2) is 10.4. The molecule has 0 radical (unpaired) electrons. The van der Waals surface area contributed by atoms with Gasteiger partial charge in [0.15, 0.2) is 11.2 Å². The molecule has 4 aromatic rings. The fourth-order valence-electron chi connectivity index (χ4n) is 4.78. The number of halogens is 2. The average molecular weight is 539 g/mol. The Hall–Kier alpha value is -4.03. The van der Waals surface area contributed by atoms with Crippen LogP contribution < -0.4 is 10.6 Å². The molecule has 3 aromatic heterocycles. The average Bonchev–Trinajstić information content (AvgIpc) is 3.63. The SMILES string of the molecule is C=C(F)C(=O)[N@+]1(C)CCC[C@H]1C(=O)NCCn1cnc2cnc(Nc3ncc(-c4ccc(F)cc4)s3)cc21. The van der Waals surface area contributed by atoms with E-state index in [4.69, 9.17) is 0 Å². The van der Waals surface area contributed by atoms with E-state index in [2.05, 4.69) is 32.2 Å². The minimum Gasteiger partial charge on any atom is -0.349 e. The third kappa shape index (κ3) is 5.04. The molecule has 0 saturated carbocycles. The van der Waals surface area contributed by atoms with E-state index in [-0.39, 0.29) is 16.2 Å². The van der Waals surface area contributed by atoms with E-state index in [0.717, 1.165) is 16.0 Å². The van der Waals surface area contributed by atoms with Crippen LogP contribution in [0, 0.1) is 5.82 Å². The maximum atomic E-state index is 13.5. The normalized spacial score (nSPS) is 19.0. The Bertz CT molecular complexity index is 1520. The van der Waals surface area contributed by atoms with Gasteiger partial charge in [-0.15, -0.1) is 0 Å². The highest BCUT2D eigenvalue weighted by atomic mass is 32.1. The van der Waals surface area contributed by atoms with Gasteiger partial charge in [-0.1, -0.05) is 30.0 Å². The zero-order valence-corrected chi connectivity index (χ0v) is 21.5. The minimum absolute atomic E-state index is 0.284. The molecule has 0 unspecified atom stereocenters. The molecule has 12 heteroatoms. The molecule has 38 heavy (non-hydrogen) atoms. The van der Waals surface area contributed by atoms with Crippen LogP contribution >= 0.6 is 11.3 Å². The summed E-state index contributed by atoms with van der Waals surface area (Å²) in [6.07, 6.45) is 6.21. The first-order valence-electron chi connectivity index (χ1n) is 12.1. The van der Waals surface area contributed by atoms with Crippen molar-refractivity contribution in [3.63, 3.8) is 0 Å². The quantitative estimate of drug-likeness (QED) is 0.258. The number of hydrogen-bond acceptors (Lipinski definition) is 7. The second-order valence-corrected chi connectivity index (χ2v) is 10.3. The highest BCUT2D eigenvalue weighted by Gasteiger charge is 2.49. The van der Waals surface area contributed by atoms with Crippen molar-refractivity contribution < 1.29 is 22.9 Å². The second-order valence-electron chi connectivity index (χ2n) is 9.31. The molecular weight excluding hydrogens is 512 g/mol. The van der Waals surface area contributed by atoms with Crippen molar-refractivity contribution in [3.8, 4) is 10.4 Å². The van der Waals surface area contributed by atoms with Gasteiger partial charge in [-0.3, -0.25) is 4.79 Å². The number of carbonyl (C=O) groups is 2. The van der Waals surface area contributed by atoms with Crippen molar-refractivity contribution in [2.45, 2.75) is 25.4 Å². The molecule has 1 saturated heterocycles. The molecule has 1 aromatic carbocycles. The van der Waals surface area contributed by atoms with E-state index in [9.17, 15) is 18.4 Å². The summed E-state index contributed by atoms with van der Waals surface area (Å²) < 4.78 is 28.4. The number of nitrogens with zero attached hydrogens (tertiary/aromatic N) is 5. The van der Waals surface area contributed by atoms with Gasteiger partial charge in [0.25, 0.3) is 5.91 Å². The number of anilines is 2. The fourth-order valence-corrected chi connectivity index (χ4v) is 5.61. The van der Waals surface area contributed by atoms with Crippen LogP contribution in [-0.4, -0.2) is 62.0 Å². The number of benzene rings is 1. The van der Waals surface area contributed by atoms with Gasteiger partial charge in [0.05, 0.1) is 36.5 Å². The third-order valence-electron chi connectivity index (χ3n) is 6.82. The molecule has 1 aliphatic heterocycles. The van der Waals surface area contributed by atoms with Crippen LogP contribution in [0.5, 0.6) is 0 Å². The lowest BCUT2D eigenvalue weighted by Crippen LogP contribution is -2.58. The van der Waals surface area contributed by atoms with Crippen LogP contribution in [0.15, 0.2) is 61.5 Å². The Balaban J connectivity index is 1.23. The molecule has 196 valence electrons. The van der Waals surface area contributed by atoms with Crippen molar-refractivity contribution in [2.24, 2.45) is 0 Å². The number of likely N-dealkylation sites (tertiary alicyclic amines) is 1. The van der Waals surface area contributed by atoms with Crippen molar-refractivity contribution in [3.05, 3.63) is 67.3 Å². The van der Waals surface area contributed by atoms with Gasteiger partial charge >= 0.3 is 5.91 Å². The number of thiazole rings is 1. The number of likely N-dealkylation sites (N-methyl/N-ethyl adjacent to an activating group) is 1. The predicted molar refractivity (Wildman–Crippen MR) is 141 cm³/mol. The molecular formula is C26H26F2N7O2S+. The molecule has 0 spiro atoms. The van der Waals surface area contributed by atoms with E-state index in [0.29, 0.717) is 48.9 Å². The van der Waals surface area contributed by atoms with Crippen LogP contribution in [0.4, 0.5) is 19.7 Å². The zero-order chi connectivity index (χ0) is 26.9. The number of rotatable bonds is 8. The number of nitrogens with one attached hydrogen (secondary N) is 2. The lowest BCUT2D eigenvalue weighted by atomic mass is 10.2. The van der Waals surface area contributed by atoms with Crippen LogP contribution in [0.2, 0.25) is 0 Å². The molecule has 0 bridgehead atoms. The smallest absolute Gasteiger partial charge is 0.349 e. The van der Waals surface area contributed by atoms with Crippen molar-refractivity contribution in [2.75, 3.05) is 25.5 Å². The lowest BCUT2D eigenvalue weighted by molar-refractivity contribution is -0.835. The summed E-state index contributed by atoms with van der Waals surface area (Å²) in [4.78, 5) is 39.2. The van der Waals surface area contributed by atoms with Gasteiger partial charge in [-0.2, -0.15) is 4.39 Å². The summed E-state index contributed by atoms with van der Waals surface area (Å²) in [7, 11) is 1.58. The first-order valence-corrected chi connectivity index (χ1v) is 12.9. The molecule has 1 fully saturated rings. The van der Waals surface area contributed by atoms with E-state index < -0.39 is 17.8 Å². The Kier molecular flexibility index (Phi) is 7.00. The topological polar surface area (TPSA) is 102 Å². The number of amides is 2. The van der Waals surface area contributed by atoms with Crippen LogP contribution in [-0.2, 0) is 16.1 Å². The van der Waals surface area contributed by atoms with E-state index in [1.165, 1.54) is 23.5 Å². The first kappa shape index (κ1) is 25.6. The molecule has 9 nitrogen and oxygen atoms in total. The Labute approximate surface area is 221 Å². The molecule has 5 rings (SSSR count). The van der Waals surface area contributed by atoms with Gasteiger partial charge in [0, 0.05) is 38.2 Å². The number of quaternary nitrogens is 1. The Morgan fingerprint density at radius 2 is 2.00 bits per heavy atom.